The van der Waals surface area contributed by atoms with Gasteiger partial charge in [0.25, 0.3) is 0 Å². The molecule has 3 nitrogen and oxygen atoms in total. The summed E-state index contributed by atoms with van der Waals surface area (Å²) in [5, 5.41) is 0. The standard InChI is InChI=1S/C14H22FN3/c1-3-4-17-5-7-18(8-6-17)14-9-11(2)12(15)10-13(14)16/h9-10H,3-8,16H2,1-2H3. The third-order valence-electron chi connectivity index (χ3n) is 3.56. The highest BCUT2D eigenvalue weighted by atomic mass is 19.1. The van der Waals surface area contributed by atoms with Crippen molar-refractivity contribution in [3.05, 3.63) is 23.5 Å². The summed E-state index contributed by atoms with van der Waals surface area (Å²) in [6.07, 6.45) is 1.19. The summed E-state index contributed by atoms with van der Waals surface area (Å²) in [7, 11) is 0. The molecule has 1 heterocycles. The zero-order valence-electron chi connectivity index (χ0n) is 11.2. The summed E-state index contributed by atoms with van der Waals surface area (Å²) in [5.41, 5.74) is 8.10. The Kier molecular flexibility index (Phi) is 4.07. The van der Waals surface area contributed by atoms with Crippen molar-refractivity contribution in [1.29, 1.82) is 0 Å². The van der Waals surface area contributed by atoms with Gasteiger partial charge >= 0.3 is 0 Å². The molecule has 18 heavy (non-hydrogen) atoms. The van der Waals surface area contributed by atoms with Gasteiger partial charge in [-0.2, -0.15) is 0 Å². The van der Waals surface area contributed by atoms with Gasteiger partial charge in [0.1, 0.15) is 5.82 Å². The molecule has 100 valence electrons. The van der Waals surface area contributed by atoms with E-state index in [0.29, 0.717) is 11.3 Å². The summed E-state index contributed by atoms with van der Waals surface area (Å²) < 4.78 is 13.4. The molecule has 1 fully saturated rings. The minimum absolute atomic E-state index is 0.221. The van der Waals surface area contributed by atoms with Gasteiger partial charge in [0, 0.05) is 26.2 Å². The van der Waals surface area contributed by atoms with E-state index in [9.17, 15) is 4.39 Å². The Hall–Kier alpha value is -1.29. The Balaban J connectivity index is 2.07. The highest BCUT2D eigenvalue weighted by Crippen LogP contribution is 2.27. The fraction of sp³-hybridized carbons (Fsp3) is 0.571. The van der Waals surface area contributed by atoms with Gasteiger partial charge in [-0.1, -0.05) is 6.92 Å². The first-order valence-corrected chi connectivity index (χ1v) is 6.64. The van der Waals surface area contributed by atoms with Gasteiger partial charge in [0.05, 0.1) is 11.4 Å². The zero-order chi connectivity index (χ0) is 13.1. The minimum atomic E-state index is -0.221. The first-order valence-electron chi connectivity index (χ1n) is 6.64. The Morgan fingerprint density at radius 3 is 2.50 bits per heavy atom. The van der Waals surface area contributed by atoms with Crippen molar-refractivity contribution in [2.45, 2.75) is 20.3 Å². The van der Waals surface area contributed by atoms with E-state index in [-0.39, 0.29) is 5.82 Å². The summed E-state index contributed by atoms with van der Waals surface area (Å²) in [6, 6.07) is 3.29. The van der Waals surface area contributed by atoms with Crippen molar-refractivity contribution in [3.63, 3.8) is 0 Å². The summed E-state index contributed by atoms with van der Waals surface area (Å²) in [4.78, 5) is 4.72. The number of hydrogen-bond donors (Lipinski definition) is 1. The SMILES string of the molecule is CCCN1CCN(c2cc(C)c(F)cc2N)CC1. The molecule has 1 aromatic rings. The Labute approximate surface area is 108 Å². The molecule has 0 atom stereocenters. The van der Waals surface area contributed by atoms with E-state index >= 15 is 0 Å². The fourth-order valence-corrected chi connectivity index (χ4v) is 2.48. The van der Waals surface area contributed by atoms with Crippen LogP contribution in [0.5, 0.6) is 0 Å². The van der Waals surface area contributed by atoms with Gasteiger partial charge in [-0.05, 0) is 37.6 Å². The summed E-state index contributed by atoms with van der Waals surface area (Å²) in [6.45, 7) is 9.20. The van der Waals surface area contributed by atoms with Crippen molar-refractivity contribution in [3.8, 4) is 0 Å². The van der Waals surface area contributed by atoms with Gasteiger partial charge in [-0.3, -0.25) is 4.90 Å². The molecule has 0 amide bonds. The maximum Gasteiger partial charge on any atom is 0.128 e. The number of aryl methyl sites for hydroxylation is 1. The molecule has 2 N–H and O–H groups in total. The molecule has 1 aliphatic rings. The molecule has 0 radical (unpaired) electrons. The number of piperazine rings is 1. The number of nitrogens with two attached hydrogens (primary N) is 1. The van der Waals surface area contributed by atoms with E-state index in [4.69, 9.17) is 5.73 Å². The average molecular weight is 251 g/mol. The maximum atomic E-state index is 13.4. The third-order valence-corrected chi connectivity index (χ3v) is 3.56. The number of benzene rings is 1. The van der Waals surface area contributed by atoms with Crippen LogP contribution in [0.25, 0.3) is 0 Å². The van der Waals surface area contributed by atoms with Crippen molar-refractivity contribution >= 4 is 11.4 Å². The van der Waals surface area contributed by atoms with Crippen LogP contribution in [0.4, 0.5) is 15.8 Å². The smallest absolute Gasteiger partial charge is 0.128 e. The number of rotatable bonds is 3. The van der Waals surface area contributed by atoms with Crippen LogP contribution in [0, 0.1) is 12.7 Å². The predicted molar refractivity (Wildman–Crippen MR) is 74.5 cm³/mol. The van der Waals surface area contributed by atoms with Gasteiger partial charge < -0.3 is 10.6 Å². The summed E-state index contributed by atoms with van der Waals surface area (Å²) >= 11 is 0. The van der Waals surface area contributed by atoms with E-state index in [1.54, 1.807) is 6.92 Å². The Bertz CT molecular complexity index is 412. The number of nitrogen functional groups attached to an aromatic ring is 1. The molecule has 0 aromatic heterocycles. The zero-order valence-corrected chi connectivity index (χ0v) is 11.2. The van der Waals surface area contributed by atoms with E-state index < -0.39 is 0 Å². The lowest BCUT2D eigenvalue weighted by Gasteiger charge is -2.36. The van der Waals surface area contributed by atoms with Crippen molar-refractivity contribution in [2.75, 3.05) is 43.4 Å². The van der Waals surface area contributed by atoms with E-state index in [1.807, 2.05) is 6.07 Å². The van der Waals surface area contributed by atoms with Crippen LogP contribution in [0.2, 0.25) is 0 Å². The van der Waals surface area contributed by atoms with Crippen LogP contribution in [0.3, 0.4) is 0 Å². The largest absolute Gasteiger partial charge is 0.397 e. The average Bonchev–Trinajstić information content (AvgIpc) is 2.35. The number of nitrogens with zero attached hydrogens (tertiary/aromatic N) is 2. The van der Waals surface area contributed by atoms with E-state index in [1.165, 1.54) is 12.5 Å². The first kappa shape index (κ1) is 13.1. The lowest BCUT2D eigenvalue weighted by atomic mass is 10.1. The fourth-order valence-electron chi connectivity index (χ4n) is 2.48. The van der Waals surface area contributed by atoms with E-state index in [2.05, 4.69) is 16.7 Å². The minimum Gasteiger partial charge on any atom is -0.397 e. The van der Waals surface area contributed by atoms with E-state index in [0.717, 1.165) is 38.4 Å². The molecule has 1 saturated heterocycles. The third kappa shape index (κ3) is 2.75. The van der Waals surface area contributed by atoms with Crippen LogP contribution < -0.4 is 10.6 Å². The second-order valence-corrected chi connectivity index (χ2v) is 4.99. The quantitative estimate of drug-likeness (QED) is 0.836. The molecule has 4 heteroatoms. The number of anilines is 2. The monoisotopic (exact) mass is 251 g/mol. The van der Waals surface area contributed by atoms with Gasteiger partial charge in [-0.25, -0.2) is 4.39 Å². The van der Waals surface area contributed by atoms with Crippen molar-refractivity contribution < 1.29 is 4.39 Å². The molecular weight excluding hydrogens is 229 g/mol. The lowest BCUT2D eigenvalue weighted by Crippen LogP contribution is -2.46. The lowest BCUT2D eigenvalue weighted by molar-refractivity contribution is 0.258. The molecule has 0 spiro atoms. The highest BCUT2D eigenvalue weighted by Gasteiger charge is 2.18. The second kappa shape index (κ2) is 5.57. The molecule has 0 unspecified atom stereocenters. The van der Waals surface area contributed by atoms with Crippen LogP contribution in [-0.4, -0.2) is 37.6 Å². The normalized spacial score (nSPS) is 17.2. The van der Waals surface area contributed by atoms with Gasteiger partial charge in [0.15, 0.2) is 0 Å². The predicted octanol–water partition coefficient (Wildman–Crippen LogP) is 2.25. The molecule has 0 saturated carbocycles. The maximum absolute atomic E-state index is 13.4. The number of hydrogen-bond acceptors (Lipinski definition) is 3. The molecular formula is C14H22FN3. The summed E-state index contributed by atoms with van der Waals surface area (Å²) in [5.74, 6) is -0.221. The van der Waals surface area contributed by atoms with Crippen molar-refractivity contribution in [1.82, 2.24) is 4.90 Å². The topological polar surface area (TPSA) is 32.5 Å². The van der Waals surface area contributed by atoms with Gasteiger partial charge in [-0.15, -0.1) is 0 Å². The molecule has 2 rings (SSSR count). The molecule has 1 aromatic carbocycles. The van der Waals surface area contributed by atoms with Gasteiger partial charge in [0.2, 0.25) is 0 Å². The molecule has 0 bridgehead atoms. The molecule has 1 aliphatic heterocycles. The van der Waals surface area contributed by atoms with Crippen LogP contribution in [0.1, 0.15) is 18.9 Å². The van der Waals surface area contributed by atoms with Crippen LogP contribution in [-0.2, 0) is 0 Å². The van der Waals surface area contributed by atoms with Crippen molar-refractivity contribution in [2.24, 2.45) is 0 Å². The molecule has 0 aliphatic carbocycles. The van der Waals surface area contributed by atoms with Crippen LogP contribution in [0.15, 0.2) is 12.1 Å². The Morgan fingerprint density at radius 1 is 1.22 bits per heavy atom. The highest BCUT2D eigenvalue weighted by molar-refractivity contribution is 5.69. The first-order chi connectivity index (χ1) is 8.61. The Morgan fingerprint density at radius 2 is 1.89 bits per heavy atom. The number of halogens is 1. The second-order valence-electron chi connectivity index (χ2n) is 4.99. The van der Waals surface area contributed by atoms with Crippen LogP contribution >= 0.6 is 0 Å².